The van der Waals surface area contributed by atoms with Gasteiger partial charge in [-0.15, -0.1) is 0 Å². The Morgan fingerprint density at radius 3 is 2.57 bits per heavy atom. The molecule has 21 heavy (non-hydrogen) atoms. The van der Waals surface area contributed by atoms with Gasteiger partial charge in [-0.2, -0.15) is 0 Å². The third kappa shape index (κ3) is 1.83. The highest BCUT2D eigenvalue weighted by molar-refractivity contribution is 5.81. The number of carboxylic acids is 1. The van der Waals surface area contributed by atoms with Crippen molar-refractivity contribution >= 4 is 5.97 Å². The fourth-order valence-electron chi connectivity index (χ4n) is 3.05. The number of aliphatic carboxylic acids is 1. The number of hydrogen-bond acceptors (Lipinski definition) is 3. The molecule has 0 bridgehead atoms. The number of benzene rings is 1. The van der Waals surface area contributed by atoms with Gasteiger partial charge in [0.05, 0.1) is 17.8 Å². The highest BCUT2D eigenvalue weighted by atomic mass is 16.4. The molecule has 0 saturated carbocycles. The molecule has 2 aromatic rings. The van der Waals surface area contributed by atoms with Crippen molar-refractivity contribution in [3.05, 3.63) is 55.7 Å². The molecule has 3 N–H and O–H groups in total. The fraction of sp³-hybridized carbons (Fsp3) is 0.267. The van der Waals surface area contributed by atoms with Crippen molar-refractivity contribution < 1.29 is 9.90 Å². The maximum absolute atomic E-state index is 11.6. The Kier molecular flexibility index (Phi) is 2.66. The smallest absolute Gasteiger partial charge is 0.314 e. The topological polar surface area (TPSA) is 103 Å². The first-order valence-corrected chi connectivity index (χ1v) is 6.53. The van der Waals surface area contributed by atoms with E-state index in [1.165, 1.54) is 0 Å². The number of rotatable bonds is 2. The number of carbonyl (C=O) groups is 1. The summed E-state index contributed by atoms with van der Waals surface area (Å²) in [5, 5.41) is 9.20. The molecular formula is C15H14N2O4. The zero-order valence-corrected chi connectivity index (χ0v) is 11.6. The minimum Gasteiger partial charge on any atom is -0.481 e. The number of hydrogen-bond donors (Lipinski definition) is 3. The predicted molar refractivity (Wildman–Crippen MR) is 76.6 cm³/mol. The summed E-state index contributed by atoms with van der Waals surface area (Å²) in [7, 11) is 0. The standard InChI is InChI=1S/C15H14N2O4/c1-7-3-4-9-8(5-7)11-12(15(9,2)6-10(18)19)17-14(21)13(20)16-11/h3-5H,6H2,1-2H3,(H,16,20)(H,17,21)(H,18,19). The largest absolute Gasteiger partial charge is 0.481 e. The van der Waals surface area contributed by atoms with E-state index < -0.39 is 22.5 Å². The lowest BCUT2D eigenvalue weighted by atomic mass is 9.80. The summed E-state index contributed by atoms with van der Waals surface area (Å²) in [6, 6.07) is 5.63. The van der Waals surface area contributed by atoms with Crippen LogP contribution in [-0.4, -0.2) is 21.0 Å². The Hall–Kier alpha value is -2.63. The number of fused-ring (bicyclic) bond motifs is 3. The minimum absolute atomic E-state index is 0.169. The molecule has 3 rings (SSSR count). The SMILES string of the molecule is Cc1ccc2c(c1)-c1[nH]c(=O)c(=O)[nH]c1C2(C)CC(=O)O. The van der Waals surface area contributed by atoms with Gasteiger partial charge >= 0.3 is 17.1 Å². The maximum atomic E-state index is 11.6. The summed E-state index contributed by atoms with van der Waals surface area (Å²) in [6.45, 7) is 3.67. The van der Waals surface area contributed by atoms with Crippen molar-refractivity contribution in [2.75, 3.05) is 0 Å². The van der Waals surface area contributed by atoms with Gasteiger partial charge in [0.25, 0.3) is 0 Å². The maximum Gasteiger partial charge on any atom is 0.314 e. The molecule has 0 spiro atoms. The number of carboxylic acid groups (broad SMARTS) is 1. The lowest BCUT2D eigenvalue weighted by Crippen LogP contribution is -2.34. The molecule has 108 valence electrons. The molecular weight excluding hydrogens is 272 g/mol. The van der Waals surface area contributed by atoms with Crippen LogP contribution in [0.25, 0.3) is 11.3 Å². The van der Waals surface area contributed by atoms with E-state index in [9.17, 15) is 19.5 Å². The van der Waals surface area contributed by atoms with E-state index in [-0.39, 0.29) is 6.42 Å². The summed E-state index contributed by atoms with van der Waals surface area (Å²) < 4.78 is 0. The lowest BCUT2D eigenvalue weighted by Gasteiger charge is -2.24. The first-order chi connectivity index (χ1) is 9.83. The molecule has 1 aromatic carbocycles. The quantitative estimate of drug-likeness (QED) is 0.720. The molecule has 1 aromatic heterocycles. The summed E-state index contributed by atoms with van der Waals surface area (Å²) in [5.41, 5.74) is 1.14. The van der Waals surface area contributed by atoms with Gasteiger partial charge in [-0.1, -0.05) is 17.7 Å². The van der Waals surface area contributed by atoms with E-state index in [1.54, 1.807) is 6.92 Å². The average Bonchev–Trinajstić information content (AvgIpc) is 2.60. The predicted octanol–water partition coefficient (Wildman–Crippen LogP) is 1.13. The van der Waals surface area contributed by atoms with Crippen molar-refractivity contribution in [3.8, 4) is 11.3 Å². The minimum atomic E-state index is -0.969. The number of H-pyrrole nitrogens is 2. The van der Waals surface area contributed by atoms with Crippen LogP contribution in [0.15, 0.2) is 27.8 Å². The molecule has 0 amide bonds. The van der Waals surface area contributed by atoms with E-state index >= 15 is 0 Å². The summed E-state index contributed by atoms with van der Waals surface area (Å²) >= 11 is 0. The number of aromatic amines is 2. The van der Waals surface area contributed by atoms with Gasteiger partial charge in [0.2, 0.25) is 0 Å². The van der Waals surface area contributed by atoms with Crippen molar-refractivity contribution in [1.82, 2.24) is 9.97 Å². The summed E-state index contributed by atoms with van der Waals surface area (Å²) in [5.74, 6) is -0.969. The lowest BCUT2D eigenvalue weighted by molar-refractivity contribution is -0.138. The molecule has 0 saturated heterocycles. The van der Waals surface area contributed by atoms with E-state index in [2.05, 4.69) is 9.97 Å². The Morgan fingerprint density at radius 1 is 1.24 bits per heavy atom. The summed E-state index contributed by atoms with van der Waals surface area (Å²) in [6.07, 6.45) is -0.169. The third-order valence-electron chi connectivity index (χ3n) is 4.03. The van der Waals surface area contributed by atoms with Gasteiger partial charge < -0.3 is 15.1 Å². The van der Waals surface area contributed by atoms with Crippen LogP contribution in [0.4, 0.5) is 0 Å². The van der Waals surface area contributed by atoms with Gasteiger partial charge in [-0.3, -0.25) is 14.4 Å². The molecule has 1 unspecified atom stereocenters. The van der Waals surface area contributed by atoms with E-state index in [4.69, 9.17) is 0 Å². The van der Waals surface area contributed by atoms with Crippen LogP contribution in [-0.2, 0) is 10.2 Å². The molecule has 1 heterocycles. The Bertz CT molecular complexity index is 878. The fourth-order valence-corrected chi connectivity index (χ4v) is 3.05. The Balaban J connectivity index is 2.40. The van der Waals surface area contributed by atoms with Crippen molar-refractivity contribution in [3.63, 3.8) is 0 Å². The van der Waals surface area contributed by atoms with Crippen LogP contribution < -0.4 is 11.1 Å². The Labute approximate surface area is 119 Å². The summed E-state index contributed by atoms with van der Waals surface area (Å²) in [4.78, 5) is 39.6. The van der Waals surface area contributed by atoms with Crippen molar-refractivity contribution in [2.45, 2.75) is 25.7 Å². The number of aromatic nitrogens is 2. The second-order valence-corrected chi connectivity index (χ2v) is 5.61. The molecule has 0 fully saturated rings. The second-order valence-electron chi connectivity index (χ2n) is 5.61. The Morgan fingerprint density at radius 2 is 1.90 bits per heavy atom. The zero-order valence-electron chi connectivity index (χ0n) is 11.6. The van der Waals surface area contributed by atoms with Crippen LogP contribution >= 0.6 is 0 Å². The van der Waals surface area contributed by atoms with Crippen LogP contribution in [0.1, 0.15) is 30.2 Å². The highest BCUT2D eigenvalue weighted by Gasteiger charge is 2.42. The normalized spacial score (nSPS) is 19.1. The highest BCUT2D eigenvalue weighted by Crippen LogP contribution is 2.48. The third-order valence-corrected chi connectivity index (χ3v) is 4.03. The molecule has 6 heteroatoms. The molecule has 0 radical (unpaired) electrons. The number of aryl methyl sites for hydroxylation is 1. The monoisotopic (exact) mass is 286 g/mol. The first kappa shape index (κ1) is 13.4. The molecule has 1 aliphatic rings. The van der Waals surface area contributed by atoms with Crippen LogP contribution in [0.2, 0.25) is 0 Å². The van der Waals surface area contributed by atoms with E-state index in [0.717, 1.165) is 16.7 Å². The van der Waals surface area contributed by atoms with Crippen molar-refractivity contribution in [2.24, 2.45) is 0 Å². The van der Waals surface area contributed by atoms with E-state index in [0.29, 0.717) is 11.4 Å². The zero-order chi connectivity index (χ0) is 15.4. The van der Waals surface area contributed by atoms with Crippen LogP contribution in [0.3, 0.4) is 0 Å². The molecule has 1 aliphatic carbocycles. The van der Waals surface area contributed by atoms with Gasteiger partial charge in [0.15, 0.2) is 0 Å². The second kappa shape index (κ2) is 4.18. The van der Waals surface area contributed by atoms with Gasteiger partial charge in [0.1, 0.15) is 0 Å². The van der Waals surface area contributed by atoms with Crippen LogP contribution in [0, 0.1) is 6.92 Å². The van der Waals surface area contributed by atoms with Gasteiger partial charge in [-0.25, -0.2) is 0 Å². The van der Waals surface area contributed by atoms with Gasteiger partial charge in [-0.05, 0) is 25.5 Å². The first-order valence-electron chi connectivity index (χ1n) is 6.53. The van der Waals surface area contributed by atoms with Crippen LogP contribution in [0.5, 0.6) is 0 Å². The van der Waals surface area contributed by atoms with E-state index in [1.807, 2.05) is 25.1 Å². The van der Waals surface area contributed by atoms with Gasteiger partial charge in [0, 0.05) is 11.0 Å². The molecule has 1 atom stereocenters. The average molecular weight is 286 g/mol. The molecule has 6 nitrogen and oxygen atoms in total. The number of nitrogens with one attached hydrogen (secondary N) is 2. The molecule has 0 aliphatic heterocycles. The van der Waals surface area contributed by atoms with Crippen molar-refractivity contribution in [1.29, 1.82) is 0 Å².